The van der Waals surface area contributed by atoms with Crippen LogP contribution in [0.4, 0.5) is 10.1 Å². The summed E-state index contributed by atoms with van der Waals surface area (Å²) in [6, 6.07) is 3.29. The van der Waals surface area contributed by atoms with Crippen LogP contribution in [0.25, 0.3) is 11.0 Å². The number of hydrogen-bond acceptors (Lipinski definition) is 9. The molecule has 4 rings (SSSR count). The molecule has 1 aliphatic carbocycles. The molecule has 0 unspecified atom stereocenters. The summed E-state index contributed by atoms with van der Waals surface area (Å²) >= 11 is 6.19. The zero-order valence-corrected chi connectivity index (χ0v) is 19.8. The van der Waals surface area contributed by atoms with Gasteiger partial charge < -0.3 is 34.6 Å². The molecule has 2 aromatic rings. The van der Waals surface area contributed by atoms with Gasteiger partial charge >= 0.3 is 7.60 Å². The van der Waals surface area contributed by atoms with Gasteiger partial charge in [0.15, 0.2) is 26.7 Å². The predicted molar refractivity (Wildman–Crippen MR) is 118 cm³/mol. The number of anilines is 1. The first-order chi connectivity index (χ1) is 15.8. The van der Waals surface area contributed by atoms with E-state index in [2.05, 4.69) is 10.3 Å². The number of halogens is 2. The van der Waals surface area contributed by atoms with Gasteiger partial charge in [0, 0.05) is 17.6 Å². The molecule has 186 valence electrons. The van der Waals surface area contributed by atoms with Crippen molar-refractivity contribution in [2.75, 3.05) is 16.6 Å². The van der Waals surface area contributed by atoms with E-state index in [0.29, 0.717) is 11.1 Å². The molecule has 0 radical (unpaired) electrons. The van der Waals surface area contributed by atoms with Crippen molar-refractivity contribution in [2.24, 2.45) is 0 Å². The molecule has 34 heavy (non-hydrogen) atoms. The van der Waals surface area contributed by atoms with E-state index in [1.165, 1.54) is 10.8 Å². The van der Waals surface area contributed by atoms with Crippen LogP contribution in [0, 0.1) is 11.3 Å². The molecule has 0 bridgehead atoms. The Morgan fingerprint density at radius 2 is 2.03 bits per heavy atom. The Bertz CT molecular complexity index is 1310. The largest absolute Gasteiger partial charge is 0.387 e. The SMILES string of the molecule is N#Cc1c(Cl)nc2c(ccn2[C@@H]2O[C@H](CS(=O)(=O)CP(=O)(O)O)[C@@H](O)[C@H]2O)c1N[C@H]1C[C@@H](F)C1. The van der Waals surface area contributed by atoms with E-state index in [1.807, 2.05) is 6.07 Å². The lowest BCUT2D eigenvalue weighted by Crippen LogP contribution is -2.36. The van der Waals surface area contributed by atoms with Crippen LogP contribution in [-0.4, -0.2) is 79.7 Å². The highest BCUT2D eigenvalue weighted by molar-refractivity contribution is 7.97. The fraction of sp³-hybridized carbons (Fsp3) is 0.556. The van der Waals surface area contributed by atoms with Gasteiger partial charge in [-0.1, -0.05) is 11.6 Å². The van der Waals surface area contributed by atoms with Crippen molar-refractivity contribution < 1.29 is 42.1 Å². The highest BCUT2D eigenvalue weighted by Gasteiger charge is 2.46. The Hall–Kier alpha value is -1.82. The number of alkyl halides is 1. The minimum absolute atomic E-state index is 0.0450. The number of pyridine rings is 1. The van der Waals surface area contributed by atoms with E-state index in [-0.39, 0.29) is 35.2 Å². The smallest absolute Gasteiger partial charge is 0.340 e. The minimum Gasteiger partial charge on any atom is -0.387 e. The third kappa shape index (κ3) is 4.93. The number of hydrogen-bond donors (Lipinski definition) is 5. The number of nitrogens with zero attached hydrogens (tertiary/aromatic N) is 3. The van der Waals surface area contributed by atoms with Crippen molar-refractivity contribution in [1.82, 2.24) is 9.55 Å². The number of aliphatic hydroxyl groups excluding tert-OH is 2. The van der Waals surface area contributed by atoms with Gasteiger partial charge in [-0.25, -0.2) is 17.8 Å². The van der Waals surface area contributed by atoms with Crippen molar-refractivity contribution in [1.29, 1.82) is 5.26 Å². The monoisotopic (exact) mass is 538 g/mol. The van der Waals surface area contributed by atoms with Gasteiger partial charge in [-0.3, -0.25) is 4.57 Å². The van der Waals surface area contributed by atoms with Gasteiger partial charge in [0.05, 0.1) is 11.4 Å². The number of aromatic nitrogens is 2. The normalized spacial score (nSPS) is 29.7. The Morgan fingerprint density at radius 3 is 2.62 bits per heavy atom. The second-order valence-corrected chi connectivity index (χ2v) is 12.9. The zero-order chi connectivity index (χ0) is 25.0. The summed E-state index contributed by atoms with van der Waals surface area (Å²) in [5.74, 6) is -0.933. The number of nitrogens with one attached hydrogen (secondary N) is 1. The average Bonchev–Trinajstić information content (AvgIpc) is 3.20. The summed E-state index contributed by atoms with van der Waals surface area (Å²) in [6.45, 7) is 0. The molecule has 2 aromatic heterocycles. The van der Waals surface area contributed by atoms with Crippen LogP contribution < -0.4 is 5.32 Å². The van der Waals surface area contributed by atoms with E-state index in [0.717, 1.165) is 0 Å². The van der Waals surface area contributed by atoms with E-state index in [4.69, 9.17) is 26.1 Å². The third-order valence-corrected chi connectivity index (χ3v) is 9.78. The second-order valence-electron chi connectivity index (χ2n) is 8.38. The Balaban J connectivity index is 1.65. The number of rotatable bonds is 7. The van der Waals surface area contributed by atoms with E-state index >= 15 is 0 Å². The van der Waals surface area contributed by atoms with Gasteiger partial charge in [-0.15, -0.1) is 0 Å². The van der Waals surface area contributed by atoms with Crippen molar-refractivity contribution >= 4 is 45.8 Å². The summed E-state index contributed by atoms with van der Waals surface area (Å²) in [7, 11) is -9.21. The second kappa shape index (κ2) is 9.00. The van der Waals surface area contributed by atoms with Crippen LogP contribution in [0.2, 0.25) is 5.15 Å². The molecule has 1 aliphatic heterocycles. The van der Waals surface area contributed by atoms with Crippen LogP contribution in [-0.2, 0) is 19.1 Å². The topological polar surface area (TPSA) is 195 Å². The highest BCUT2D eigenvalue weighted by atomic mass is 35.5. The molecule has 2 aliphatic rings. The summed E-state index contributed by atoms with van der Waals surface area (Å²) in [5.41, 5.74) is -0.910. The quantitative estimate of drug-likeness (QED) is 0.245. The van der Waals surface area contributed by atoms with Gasteiger partial charge in [0.2, 0.25) is 0 Å². The van der Waals surface area contributed by atoms with Gasteiger partial charge in [0.25, 0.3) is 0 Å². The minimum atomic E-state index is -4.88. The molecule has 0 spiro atoms. The molecule has 3 heterocycles. The van der Waals surface area contributed by atoms with Crippen LogP contribution in [0.3, 0.4) is 0 Å². The first-order valence-electron chi connectivity index (χ1n) is 10.1. The van der Waals surface area contributed by atoms with Crippen molar-refractivity contribution in [2.45, 2.75) is 49.6 Å². The molecular formula is C18H21ClFN4O8PS. The Labute approximate surface area is 198 Å². The first-order valence-corrected chi connectivity index (χ1v) is 14.1. The van der Waals surface area contributed by atoms with Crippen molar-refractivity contribution in [3.8, 4) is 6.07 Å². The maximum atomic E-state index is 13.3. The molecule has 4 atom stereocenters. The molecular weight excluding hydrogens is 518 g/mol. The lowest BCUT2D eigenvalue weighted by Gasteiger charge is -2.31. The van der Waals surface area contributed by atoms with Gasteiger partial charge in [0.1, 0.15) is 41.8 Å². The molecule has 2 fully saturated rings. The lowest BCUT2D eigenvalue weighted by molar-refractivity contribution is -0.0288. The zero-order valence-electron chi connectivity index (χ0n) is 17.3. The fourth-order valence-corrected chi connectivity index (χ4v) is 7.59. The Kier molecular flexibility index (Phi) is 6.69. The number of ether oxygens (including phenoxy) is 1. The van der Waals surface area contributed by atoms with E-state index < -0.39 is 59.4 Å². The summed E-state index contributed by atoms with van der Waals surface area (Å²) < 4.78 is 55.5. The molecule has 16 heteroatoms. The average molecular weight is 539 g/mol. The maximum Gasteiger partial charge on any atom is 0.340 e. The fourth-order valence-electron chi connectivity index (χ4n) is 4.12. The Morgan fingerprint density at radius 1 is 1.35 bits per heavy atom. The molecule has 0 amide bonds. The van der Waals surface area contributed by atoms with E-state index in [1.54, 1.807) is 6.07 Å². The van der Waals surface area contributed by atoms with Crippen LogP contribution in [0.1, 0.15) is 24.6 Å². The van der Waals surface area contributed by atoms with Crippen LogP contribution in [0.5, 0.6) is 0 Å². The summed E-state index contributed by atoms with van der Waals surface area (Å²) in [5, 5.41) is 33.7. The number of nitriles is 1. The van der Waals surface area contributed by atoms with Crippen LogP contribution in [0.15, 0.2) is 12.3 Å². The summed E-state index contributed by atoms with van der Waals surface area (Å²) in [6.07, 6.45) is -5.07. The number of aliphatic hydroxyl groups is 2. The van der Waals surface area contributed by atoms with Gasteiger partial charge in [-0.2, -0.15) is 5.26 Å². The highest BCUT2D eigenvalue weighted by Crippen LogP contribution is 2.40. The third-order valence-electron chi connectivity index (χ3n) is 5.75. The van der Waals surface area contributed by atoms with Gasteiger partial charge in [-0.05, 0) is 18.9 Å². The molecule has 0 aromatic carbocycles. The summed E-state index contributed by atoms with van der Waals surface area (Å²) in [4.78, 5) is 22.1. The number of sulfone groups is 1. The first kappa shape index (κ1) is 25.3. The standard InChI is InChI=1S/C18H21ClFN4O8PS/c19-16-11(5-21)13(22-9-3-8(20)4-9)10-1-2-24(17(10)23-16)18-15(26)14(25)12(32-18)6-34(30,31)7-33(27,28)29/h1-2,8-9,12,14-15,18,25-26H,3-4,6-7H2,(H,22,23)(H2,27,28,29)/t8-,9+,12-,14-,15-,18-/m1/s1. The molecule has 1 saturated carbocycles. The molecule has 1 saturated heterocycles. The van der Waals surface area contributed by atoms with Crippen molar-refractivity contribution in [3.63, 3.8) is 0 Å². The lowest BCUT2D eigenvalue weighted by atomic mass is 9.90. The van der Waals surface area contributed by atoms with E-state index in [9.17, 15) is 32.8 Å². The van der Waals surface area contributed by atoms with Crippen molar-refractivity contribution in [3.05, 3.63) is 23.0 Å². The van der Waals surface area contributed by atoms with Crippen LogP contribution >= 0.6 is 19.2 Å². The number of fused-ring (bicyclic) bond motifs is 1. The maximum absolute atomic E-state index is 13.3. The molecule has 12 nitrogen and oxygen atoms in total. The predicted octanol–water partition coefficient (Wildman–Crippen LogP) is 0.643. The molecule has 5 N–H and O–H groups in total.